The Bertz CT molecular complexity index is 1170. The lowest BCUT2D eigenvalue weighted by Gasteiger charge is -2.44. The van der Waals surface area contributed by atoms with Crippen molar-refractivity contribution in [3.8, 4) is 5.75 Å². The Labute approximate surface area is 216 Å². The van der Waals surface area contributed by atoms with Gasteiger partial charge in [-0.25, -0.2) is 4.79 Å². The molecule has 2 saturated heterocycles. The molecule has 5 heteroatoms. The van der Waals surface area contributed by atoms with E-state index in [1.807, 2.05) is 0 Å². The van der Waals surface area contributed by atoms with E-state index < -0.39 is 0 Å². The third kappa shape index (κ3) is 4.11. The highest BCUT2D eigenvalue weighted by molar-refractivity contribution is 5.83. The minimum absolute atomic E-state index is 0.160. The first-order chi connectivity index (χ1) is 17.3. The fourth-order valence-electron chi connectivity index (χ4n) is 6.94. The van der Waals surface area contributed by atoms with Crippen LogP contribution in [0.3, 0.4) is 0 Å². The Morgan fingerprint density at radius 3 is 2.31 bits per heavy atom. The number of piperidine rings is 1. The number of carbonyl (C=O) groups excluding carboxylic acids is 1. The van der Waals surface area contributed by atoms with Crippen LogP contribution < -0.4 is 4.74 Å². The summed E-state index contributed by atoms with van der Waals surface area (Å²) in [4.78, 5) is 20.6. The third-order valence-corrected chi connectivity index (χ3v) is 8.54. The van der Waals surface area contributed by atoms with E-state index in [1.165, 1.54) is 39.1 Å². The molecule has 3 heterocycles. The number of benzene rings is 2. The normalized spacial score (nSPS) is 21.3. The number of amides is 2. The minimum atomic E-state index is -0.220. The lowest BCUT2D eigenvalue weighted by Crippen LogP contribution is -2.53. The Morgan fingerprint density at radius 2 is 1.69 bits per heavy atom. The van der Waals surface area contributed by atoms with Crippen LogP contribution in [-0.2, 0) is 19.5 Å². The van der Waals surface area contributed by atoms with E-state index in [4.69, 9.17) is 4.74 Å². The van der Waals surface area contributed by atoms with Gasteiger partial charge < -0.3 is 9.64 Å². The van der Waals surface area contributed by atoms with Crippen LogP contribution in [0.25, 0.3) is 0 Å². The molecular formula is C31H41N3O2. The van der Waals surface area contributed by atoms with Crippen molar-refractivity contribution in [2.75, 3.05) is 26.7 Å². The number of methoxy groups -OCH3 is 1. The molecule has 1 unspecified atom stereocenters. The number of aryl methyl sites for hydroxylation is 3. The molecule has 0 radical (unpaired) electrons. The standard InChI is InChI=1S/C31H41N3O2/c1-7-24-17-26-20-33-28(16-23(5)29(26)27(18-24)36-6)31(34(8-2)30(33)35)9-11-32(12-10-31)19-25-14-21(3)13-22(4)15-25/h13-18,23H,7-12,19-20H2,1-6H3. The van der Waals surface area contributed by atoms with Crippen molar-refractivity contribution in [3.05, 3.63) is 75.5 Å². The molecule has 2 amide bonds. The van der Waals surface area contributed by atoms with Crippen LogP contribution in [0.1, 0.15) is 72.9 Å². The monoisotopic (exact) mass is 487 g/mol. The lowest BCUT2D eigenvalue weighted by molar-refractivity contribution is 0.0888. The minimum Gasteiger partial charge on any atom is -0.496 e. The molecule has 1 spiro atoms. The maximum Gasteiger partial charge on any atom is 0.325 e. The van der Waals surface area contributed by atoms with Gasteiger partial charge in [-0.3, -0.25) is 9.80 Å². The molecule has 0 aromatic heterocycles. The van der Waals surface area contributed by atoms with E-state index >= 15 is 0 Å². The van der Waals surface area contributed by atoms with Crippen molar-refractivity contribution in [1.29, 1.82) is 0 Å². The summed E-state index contributed by atoms with van der Waals surface area (Å²) in [5.41, 5.74) is 8.74. The molecule has 0 aliphatic carbocycles. The van der Waals surface area contributed by atoms with Crippen molar-refractivity contribution >= 4 is 6.03 Å². The van der Waals surface area contributed by atoms with E-state index in [0.29, 0.717) is 6.54 Å². The molecule has 3 aliphatic heterocycles. The summed E-state index contributed by atoms with van der Waals surface area (Å²) in [6.07, 6.45) is 5.26. The van der Waals surface area contributed by atoms with Crippen LogP contribution in [0, 0.1) is 13.8 Å². The van der Waals surface area contributed by atoms with Gasteiger partial charge in [-0.2, -0.15) is 0 Å². The van der Waals surface area contributed by atoms with Gasteiger partial charge in [-0.05, 0) is 62.8 Å². The maximum absolute atomic E-state index is 13.8. The maximum atomic E-state index is 13.8. The summed E-state index contributed by atoms with van der Waals surface area (Å²) >= 11 is 0. The number of carbonyl (C=O) groups is 1. The van der Waals surface area contributed by atoms with Gasteiger partial charge >= 0.3 is 6.03 Å². The van der Waals surface area contributed by atoms with Gasteiger partial charge in [0.05, 0.1) is 19.2 Å². The van der Waals surface area contributed by atoms with Gasteiger partial charge in [0.1, 0.15) is 5.75 Å². The Balaban J connectivity index is 1.46. The fourth-order valence-corrected chi connectivity index (χ4v) is 6.94. The van der Waals surface area contributed by atoms with E-state index in [9.17, 15) is 4.79 Å². The van der Waals surface area contributed by atoms with E-state index in [2.05, 4.69) is 85.7 Å². The third-order valence-electron chi connectivity index (χ3n) is 8.54. The van der Waals surface area contributed by atoms with Crippen LogP contribution in [0.5, 0.6) is 5.75 Å². The number of rotatable bonds is 5. The average molecular weight is 488 g/mol. The van der Waals surface area contributed by atoms with Crippen molar-refractivity contribution in [3.63, 3.8) is 0 Å². The van der Waals surface area contributed by atoms with Crippen LogP contribution in [0.2, 0.25) is 0 Å². The molecule has 5 nitrogen and oxygen atoms in total. The first-order valence-corrected chi connectivity index (χ1v) is 13.6. The van der Waals surface area contributed by atoms with Crippen molar-refractivity contribution in [1.82, 2.24) is 14.7 Å². The second kappa shape index (κ2) is 9.59. The molecule has 36 heavy (non-hydrogen) atoms. The number of hydrogen-bond acceptors (Lipinski definition) is 3. The Hall–Kier alpha value is -2.79. The van der Waals surface area contributed by atoms with Gasteiger partial charge in [-0.1, -0.05) is 55.3 Å². The van der Waals surface area contributed by atoms with Crippen molar-refractivity contribution in [2.24, 2.45) is 0 Å². The molecule has 192 valence electrons. The number of likely N-dealkylation sites (tertiary alicyclic amines) is 1. The molecule has 0 N–H and O–H groups in total. The number of urea groups is 1. The average Bonchev–Trinajstić information content (AvgIpc) is 2.95. The lowest BCUT2D eigenvalue weighted by atomic mass is 9.82. The second-order valence-corrected chi connectivity index (χ2v) is 11.0. The molecule has 0 saturated carbocycles. The predicted octanol–water partition coefficient (Wildman–Crippen LogP) is 6.17. The highest BCUT2D eigenvalue weighted by atomic mass is 16.5. The van der Waals surface area contributed by atoms with Crippen LogP contribution >= 0.6 is 0 Å². The zero-order valence-corrected chi connectivity index (χ0v) is 22.9. The summed E-state index contributed by atoms with van der Waals surface area (Å²) in [5, 5.41) is 0. The SMILES string of the molecule is CCc1cc2c(c(OC)c1)C(C)C=C1N(C2)C(=O)N(CC)C12CCN(Cc1cc(C)cc(C)c1)CC2. The van der Waals surface area contributed by atoms with Crippen molar-refractivity contribution in [2.45, 2.75) is 78.4 Å². The van der Waals surface area contributed by atoms with Crippen molar-refractivity contribution < 1.29 is 9.53 Å². The van der Waals surface area contributed by atoms with Gasteiger partial charge in [0.2, 0.25) is 0 Å². The highest BCUT2D eigenvalue weighted by Crippen LogP contribution is 2.48. The zero-order chi connectivity index (χ0) is 25.6. The van der Waals surface area contributed by atoms with Gasteiger partial charge in [0, 0.05) is 43.4 Å². The molecule has 2 aromatic rings. The quantitative estimate of drug-likeness (QED) is 0.506. The number of likely N-dealkylation sites (N-methyl/N-ethyl adjacent to an activating group) is 1. The first-order valence-electron chi connectivity index (χ1n) is 13.6. The highest BCUT2D eigenvalue weighted by Gasteiger charge is 2.54. The van der Waals surface area contributed by atoms with Gasteiger partial charge in [0.25, 0.3) is 0 Å². The number of ether oxygens (including phenoxy) is 1. The molecule has 1 atom stereocenters. The molecule has 2 aromatic carbocycles. The number of allylic oxidation sites excluding steroid dienone is 1. The summed E-state index contributed by atoms with van der Waals surface area (Å²) in [5.74, 6) is 1.14. The number of fused-ring (bicyclic) bond motifs is 3. The second-order valence-electron chi connectivity index (χ2n) is 11.0. The molecule has 2 fully saturated rings. The van der Waals surface area contributed by atoms with E-state index in [0.717, 1.165) is 51.2 Å². The largest absolute Gasteiger partial charge is 0.496 e. The molecule has 3 aliphatic rings. The van der Waals surface area contributed by atoms with Gasteiger partial charge in [0.15, 0.2) is 0 Å². The predicted molar refractivity (Wildman–Crippen MR) is 145 cm³/mol. The first kappa shape index (κ1) is 24.9. The number of nitrogens with zero attached hydrogens (tertiary/aromatic N) is 3. The molecule has 0 bridgehead atoms. The van der Waals surface area contributed by atoms with Crippen LogP contribution in [-0.4, -0.2) is 53.0 Å². The van der Waals surface area contributed by atoms with E-state index in [1.54, 1.807) is 7.11 Å². The summed E-state index contributed by atoms with van der Waals surface area (Å²) in [7, 11) is 1.76. The topological polar surface area (TPSA) is 36.0 Å². The van der Waals surface area contributed by atoms with Crippen LogP contribution in [0.4, 0.5) is 4.79 Å². The Morgan fingerprint density at radius 1 is 1.00 bits per heavy atom. The summed E-state index contributed by atoms with van der Waals surface area (Å²) < 4.78 is 5.85. The van der Waals surface area contributed by atoms with E-state index in [-0.39, 0.29) is 17.5 Å². The fraction of sp³-hybridized carbons (Fsp3) is 0.516. The molecular weight excluding hydrogens is 446 g/mol. The zero-order valence-electron chi connectivity index (χ0n) is 22.9. The van der Waals surface area contributed by atoms with Gasteiger partial charge in [-0.15, -0.1) is 0 Å². The summed E-state index contributed by atoms with van der Waals surface area (Å²) in [6, 6.07) is 11.5. The van der Waals surface area contributed by atoms with Crippen LogP contribution in [0.15, 0.2) is 42.1 Å². The number of hydrogen-bond donors (Lipinski definition) is 0. The smallest absolute Gasteiger partial charge is 0.325 e. The summed E-state index contributed by atoms with van der Waals surface area (Å²) in [6.45, 7) is 15.2. The molecule has 5 rings (SSSR count). The Kier molecular flexibility index (Phi) is 6.63.